The van der Waals surface area contributed by atoms with E-state index >= 15 is 0 Å². The second-order valence-electron chi connectivity index (χ2n) is 4.22. The second kappa shape index (κ2) is 4.55. The van der Waals surface area contributed by atoms with Gasteiger partial charge in [0, 0.05) is 19.6 Å². The molecule has 3 rings (SSSR count). The second-order valence-corrected chi connectivity index (χ2v) is 5.22. The number of nitrogens with zero attached hydrogens (tertiary/aromatic N) is 2. The van der Waals surface area contributed by atoms with Crippen LogP contribution in [0.5, 0.6) is 0 Å². The number of nitrogens with one attached hydrogen (secondary N) is 1. The Labute approximate surface area is 108 Å². The van der Waals surface area contributed by atoms with Crippen LogP contribution in [0.1, 0.15) is 0 Å². The fourth-order valence-electron chi connectivity index (χ4n) is 2.14. The standard InChI is InChI=1S/C12H13N3O2S/c16-11(17)9-7-13-5-6-15(9)12-14-8-3-1-2-4-10(8)18-12/h1-4,9,13H,5-7H2,(H,16,17)/t9-/m0/s1. The number of carboxylic acid groups (broad SMARTS) is 1. The van der Waals surface area contributed by atoms with Crippen molar-refractivity contribution in [3.8, 4) is 0 Å². The fraction of sp³-hybridized carbons (Fsp3) is 0.333. The zero-order valence-electron chi connectivity index (χ0n) is 9.67. The number of aliphatic carboxylic acids is 1. The molecule has 94 valence electrons. The Bertz CT molecular complexity index is 550. The van der Waals surface area contributed by atoms with Crippen LogP contribution in [0.2, 0.25) is 0 Å². The number of hydrogen-bond acceptors (Lipinski definition) is 5. The van der Waals surface area contributed by atoms with Gasteiger partial charge in [-0.05, 0) is 12.1 Å². The predicted molar refractivity (Wildman–Crippen MR) is 71.3 cm³/mol. The zero-order chi connectivity index (χ0) is 12.5. The number of thiazole rings is 1. The molecule has 1 aromatic heterocycles. The van der Waals surface area contributed by atoms with Crippen molar-refractivity contribution in [2.75, 3.05) is 24.5 Å². The Morgan fingerprint density at radius 3 is 3.11 bits per heavy atom. The minimum Gasteiger partial charge on any atom is -0.480 e. The van der Waals surface area contributed by atoms with Crippen LogP contribution in [-0.4, -0.2) is 41.7 Å². The lowest BCUT2D eigenvalue weighted by molar-refractivity contribution is -0.138. The van der Waals surface area contributed by atoms with Gasteiger partial charge in [-0.25, -0.2) is 9.78 Å². The highest BCUT2D eigenvalue weighted by Gasteiger charge is 2.30. The monoisotopic (exact) mass is 263 g/mol. The van der Waals surface area contributed by atoms with Crippen LogP contribution in [-0.2, 0) is 4.79 Å². The summed E-state index contributed by atoms with van der Waals surface area (Å²) in [5, 5.41) is 13.1. The van der Waals surface area contributed by atoms with Crippen LogP contribution in [0.15, 0.2) is 24.3 Å². The first-order valence-corrected chi connectivity index (χ1v) is 6.63. The van der Waals surface area contributed by atoms with Gasteiger partial charge in [-0.3, -0.25) is 0 Å². The lowest BCUT2D eigenvalue weighted by Crippen LogP contribution is -2.55. The van der Waals surface area contributed by atoms with Gasteiger partial charge in [0.05, 0.1) is 10.2 Å². The molecule has 0 bridgehead atoms. The predicted octanol–water partition coefficient (Wildman–Crippen LogP) is 1.16. The van der Waals surface area contributed by atoms with Crippen molar-refractivity contribution in [1.82, 2.24) is 10.3 Å². The highest BCUT2D eigenvalue weighted by Crippen LogP contribution is 2.30. The van der Waals surface area contributed by atoms with Gasteiger partial charge in [-0.1, -0.05) is 23.5 Å². The van der Waals surface area contributed by atoms with Gasteiger partial charge in [-0.15, -0.1) is 0 Å². The number of aromatic nitrogens is 1. The lowest BCUT2D eigenvalue weighted by Gasteiger charge is -2.33. The number of piperazine rings is 1. The lowest BCUT2D eigenvalue weighted by atomic mass is 10.2. The van der Waals surface area contributed by atoms with Gasteiger partial charge in [-0.2, -0.15) is 0 Å². The van der Waals surface area contributed by atoms with Crippen molar-refractivity contribution in [2.45, 2.75) is 6.04 Å². The van der Waals surface area contributed by atoms with Crippen molar-refractivity contribution >= 4 is 32.7 Å². The summed E-state index contributed by atoms with van der Waals surface area (Å²) >= 11 is 1.55. The number of anilines is 1. The molecule has 5 nitrogen and oxygen atoms in total. The van der Waals surface area contributed by atoms with Crippen molar-refractivity contribution < 1.29 is 9.90 Å². The van der Waals surface area contributed by atoms with E-state index in [4.69, 9.17) is 0 Å². The first-order chi connectivity index (χ1) is 8.75. The molecule has 1 saturated heterocycles. The number of fused-ring (bicyclic) bond motifs is 1. The summed E-state index contributed by atoms with van der Waals surface area (Å²) in [6.07, 6.45) is 0. The van der Waals surface area contributed by atoms with E-state index in [2.05, 4.69) is 10.3 Å². The van der Waals surface area contributed by atoms with E-state index < -0.39 is 12.0 Å². The molecule has 6 heteroatoms. The summed E-state index contributed by atoms with van der Waals surface area (Å²) in [6, 6.07) is 7.34. The van der Waals surface area contributed by atoms with Crippen LogP contribution < -0.4 is 10.2 Å². The van der Waals surface area contributed by atoms with E-state index in [0.717, 1.165) is 21.9 Å². The molecular weight excluding hydrogens is 250 g/mol. The van der Waals surface area contributed by atoms with Crippen molar-refractivity contribution in [2.24, 2.45) is 0 Å². The third-order valence-electron chi connectivity index (χ3n) is 3.06. The maximum absolute atomic E-state index is 11.2. The molecule has 1 aliphatic rings. The number of benzene rings is 1. The number of rotatable bonds is 2. The molecule has 1 aromatic carbocycles. The first kappa shape index (κ1) is 11.4. The fourth-order valence-corrected chi connectivity index (χ4v) is 3.18. The maximum Gasteiger partial charge on any atom is 0.327 e. The molecule has 2 aromatic rings. The number of para-hydroxylation sites is 1. The van der Waals surface area contributed by atoms with Crippen LogP contribution >= 0.6 is 11.3 Å². The molecule has 0 aliphatic carbocycles. The van der Waals surface area contributed by atoms with E-state index in [-0.39, 0.29) is 0 Å². The van der Waals surface area contributed by atoms with E-state index in [1.165, 1.54) is 0 Å². The molecule has 1 fully saturated rings. The Morgan fingerprint density at radius 1 is 1.50 bits per heavy atom. The minimum absolute atomic E-state index is 0.464. The molecule has 2 heterocycles. The van der Waals surface area contributed by atoms with Gasteiger partial charge in [0.25, 0.3) is 0 Å². The molecule has 0 saturated carbocycles. The average molecular weight is 263 g/mol. The smallest absolute Gasteiger partial charge is 0.327 e. The highest BCUT2D eigenvalue weighted by atomic mass is 32.1. The largest absolute Gasteiger partial charge is 0.480 e. The average Bonchev–Trinajstić information content (AvgIpc) is 2.82. The summed E-state index contributed by atoms with van der Waals surface area (Å²) in [6.45, 7) is 1.93. The number of hydrogen-bond donors (Lipinski definition) is 2. The quantitative estimate of drug-likeness (QED) is 0.851. The van der Waals surface area contributed by atoms with Gasteiger partial charge in [0.1, 0.15) is 6.04 Å². The van der Waals surface area contributed by atoms with Gasteiger partial charge in [0.15, 0.2) is 5.13 Å². The molecule has 0 amide bonds. The SMILES string of the molecule is O=C(O)[C@@H]1CNCCN1c1nc2ccccc2s1. The van der Waals surface area contributed by atoms with Gasteiger partial charge in [0.2, 0.25) is 0 Å². The Morgan fingerprint density at radius 2 is 2.33 bits per heavy atom. The molecule has 1 aliphatic heterocycles. The molecule has 0 spiro atoms. The summed E-state index contributed by atoms with van der Waals surface area (Å²) in [4.78, 5) is 17.6. The van der Waals surface area contributed by atoms with E-state index in [0.29, 0.717) is 13.1 Å². The van der Waals surface area contributed by atoms with E-state index in [1.807, 2.05) is 29.2 Å². The molecule has 1 atom stereocenters. The van der Waals surface area contributed by atoms with Crippen LogP contribution in [0.25, 0.3) is 10.2 Å². The topological polar surface area (TPSA) is 65.5 Å². The summed E-state index contributed by atoms with van der Waals surface area (Å²) in [7, 11) is 0. The number of carboxylic acids is 1. The van der Waals surface area contributed by atoms with Crippen LogP contribution in [0.4, 0.5) is 5.13 Å². The van der Waals surface area contributed by atoms with Crippen molar-refractivity contribution in [3.63, 3.8) is 0 Å². The normalized spacial score (nSPS) is 20.2. The molecule has 2 N–H and O–H groups in total. The van der Waals surface area contributed by atoms with Crippen LogP contribution in [0, 0.1) is 0 Å². The first-order valence-electron chi connectivity index (χ1n) is 5.81. The maximum atomic E-state index is 11.2. The summed E-state index contributed by atoms with van der Waals surface area (Å²) in [5.41, 5.74) is 0.931. The molecule has 18 heavy (non-hydrogen) atoms. The summed E-state index contributed by atoms with van der Waals surface area (Å²) < 4.78 is 1.09. The third-order valence-corrected chi connectivity index (χ3v) is 4.13. The molecule has 0 radical (unpaired) electrons. The highest BCUT2D eigenvalue weighted by molar-refractivity contribution is 7.22. The van der Waals surface area contributed by atoms with Crippen molar-refractivity contribution in [1.29, 1.82) is 0 Å². The third kappa shape index (κ3) is 1.93. The summed E-state index contributed by atoms with van der Waals surface area (Å²) in [5.74, 6) is -0.804. The molecule has 0 unspecified atom stereocenters. The Balaban J connectivity index is 1.98. The van der Waals surface area contributed by atoms with Crippen LogP contribution in [0.3, 0.4) is 0 Å². The van der Waals surface area contributed by atoms with E-state index in [1.54, 1.807) is 11.3 Å². The molecular formula is C12H13N3O2S. The van der Waals surface area contributed by atoms with E-state index in [9.17, 15) is 9.90 Å². The van der Waals surface area contributed by atoms with Gasteiger partial charge < -0.3 is 15.3 Å². The van der Waals surface area contributed by atoms with Crippen molar-refractivity contribution in [3.05, 3.63) is 24.3 Å². The Kier molecular flexibility index (Phi) is 2.89. The number of carbonyl (C=O) groups is 1. The van der Waals surface area contributed by atoms with Gasteiger partial charge >= 0.3 is 5.97 Å². The Hall–Kier alpha value is -1.66. The zero-order valence-corrected chi connectivity index (χ0v) is 10.5. The minimum atomic E-state index is -0.804.